The molecule has 1 aliphatic rings. The first-order valence-electron chi connectivity index (χ1n) is 6.52. The summed E-state index contributed by atoms with van der Waals surface area (Å²) in [5.74, 6) is 2.25. The third-order valence-corrected chi connectivity index (χ3v) is 4.64. The highest BCUT2D eigenvalue weighted by atomic mass is 32.2. The number of aliphatic imine (C=N–C) groups is 1. The lowest BCUT2D eigenvalue weighted by Gasteiger charge is -2.37. The smallest absolute Gasteiger partial charge is 0.333 e. The number of thioether (sulfide) groups is 1. The molecule has 7 N–H and O–H groups in total. The van der Waals surface area contributed by atoms with Crippen molar-refractivity contribution in [1.29, 1.82) is 0 Å². The van der Waals surface area contributed by atoms with E-state index >= 15 is 0 Å². The highest BCUT2D eigenvalue weighted by Gasteiger charge is 2.35. The van der Waals surface area contributed by atoms with Crippen molar-refractivity contribution in [1.82, 2.24) is 0 Å². The molecule has 1 saturated heterocycles. The molecule has 0 aliphatic carbocycles. The standard InChI is InChI=1S/C13H24BN2O2S.2H2O/c1-12(2,17)13(3,4)18-14-10(7-15)8-16-11-5-6-19-9-11;;/h7-8,11,17H,5-6,9,15H2,1-4H3;2*1H2. The first kappa shape index (κ1) is 22.7. The minimum Gasteiger partial charge on any atom is -0.427 e. The van der Waals surface area contributed by atoms with E-state index in [1.54, 1.807) is 27.5 Å². The van der Waals surface area contributed by atoms with Crippen LogP contribution in [0.25, 0.3) is 0 Å². The normalized spacial score (nSPS) is 20.0. The molecule has 1 heterocycles. The summed E-state index contributed by atoms with van der Waals surface area (Å²) in [4.78, 5) is 4.49. The van der Waals surface area contributed by atoms with Crippen LogP contribution in [0.1, 0.15) is 34.1 Å². The van der Waals surface area contributed by atoms with E-state index in [-0.39, 0.29) is 11.0 Å². The fourth-order valence-electron chi connectivity index (χ4n) is 1.30. The number of hydrogen-bond donors (Lipinski definition) is 2. The maximum absolute atomic E-state index is 10.0. The van der Waals surface area contributed by atoms with Gasteiger partial charge in [0.2, 0.25) is 0 Å². The Bertz CT molecular complexity index is 351. The fraction of sp³-hybridized carbons (Fsp3) is 0.769. The summed E-state index contributed by atoms with van der Waals surface area (Å²) in [6.07, 6.45) is 4.33. The van der Waals surface area contributed by atoms with E-state index in [2.05, 4.69) is 4.99 Å². The Morgan fingerprint density at radius 2 is 2.00 bits per heavy atom. The van der Waals surface area contributed by atoms with E-state index in [0.717, 1.165) is 12.2 Å². The van der Waals surface area contributed by atoms with Crippen molar-refractivity contribution in [2.75, 3.05) is 11.5 Å². The van der Waals surface area contributed by atoms with Gasteiger partial charge >= 0.3 is 7.48 Å². The molecule has 0 bridgehead atoms. The largest absolute Gasteiger partial charge is 0.427 e. The second-order valence-corrected chi connectivity index (χ2v) is 6.92. The van der Waals surface area contributed by atoms with Crippen LogP contribution in [0.15, 0.2) is 16.7 Å². The van der Waals surface area contributed by atoms with Gasteiger partial charge in [0.1, 0.15) is 0 Å². The van der Waals surface area contributed by atoms with Gasteiger partial charge in [0.05, 0.1) is 17.2 Å². The zero-order chi connectivity index (χ0) is 14.5. The van der Waals surface area contributed by atoms with Crippen molar-refractivity contribution in [3.05, 3.63) is 11.7 Å². The summed E-state index contributed by atoms with van der Waals surface area (Å²) in [6, 6.07) is 0.385. The van der Waals surface area contributed by atoms with Crippen LogP contribution < -0.4 is 5.73 Å². The predicted octanol–water partition coefficient (Wildman–Crippen LogP) is -0.101. The molecular weight excluding hydrogens is 291 g/mol. The minimum absolute atomic E-state index is 0. The van der Waals surface area contributed by atoms with Gasteiger partial charge < -0.3 is 26.4 Å². The quantitative estimate of drug-likeness (QED) is 0.522. The maximum Gasteiger partial charge on any atom is 0.333 e. The number of hydrogen-bond acceptors (Lipinski definition) is 5. The van der Waals surface area contributed by atoms with Crippen LogP contribution in [-0.2, 0) is 4.65 Å². The van der Waals surface area contributed by atoms with Crippen molar-refractivity contribution >= 4 is 25.5 Å². The number of nitrogens with zero attached hydrogens (tertiary/aromatic N) is 1. The molecule has 0 saturated carbocycles. The van der Waals surface area contributed by atoms with Crippen LogP contribution in [0.2, 0.25) is 0 Å². The van der Waals surface area contributed by atoms with Gasteiger partial charge in [-0.15, -0.1) is 0 Å². The van der Waals surface area contributed by atoms with Gasteiger partial charge in [-0.25, -0.2) is 0 Å². The Morgan fingerprint density at radius 1 is 1.38 bits per heavy atom. The monoisotopic (exact) mass is 319 g/mol. The molecule has 1 unspecified atom stereocenters. The number of nitrogens with two attached hydrogens (primary N) is 1. The first-order valence-corrected chi connectivity index (χ1v) is 7.68. The lowest BCUT2D eigenvalue weighted by molar-refractivity contribution is -0.0895. The van der Waals surface area contributed by atoms with Crippen LogP contribution in [0.5, 0.6) is 0 Å². The van der Waals surface area contributed by atoms with E-state index in [9.17, 15) is 5.11 Å². The van der Waals surface area contributed by atoms with Gasteiger partial charge in [0.25, 0.3) is 0 Å². The Balaban J connectivity index is 0. The Kier molecular flexibility index (Phi) is 10.3. The summed E-state index contributed by atoms with van der Waals surface area (Å²) in [6.45, 7) is 7.11. The van der Waals surface area contributed by atoms with E-state index in [0.29, 0.717) is 11.5 Å². The summed E-state index contributed by atoms with van der Waals surface area (Å²) in [5, 5.41) is 10.0. The molecule has 0 amide bonds. The van der Waals surface area contributed by atoms with Crippen molar-refractivity contribution in [2.24, 2.45) is 10.7 Å². The van der Waals surface area contributed by atoms with E-state index in [4.69, 9.17) is 10.4 Å². The molecule has 1 rings (SSSR count). The third kappa shape index (κ3) is 7.33. The van der Waals surface area contributed by atoms with Crippen LogP contribution in [-0.4, -0.2) is 58.5 Å². The molecule has 0 spiro atoms. The van der Waals surface area contributed by atoms with Gasteiger partial charge in [-0.1, -0.05) is 0 Å². The maximum atomic E-state index is 10.0. The topological polar surface area (TPSA) is 131 Å². The second-order valence-electron chi connectivity index (χ2n) is 5.77. The molecular formula is C13H28BN2O4S. The lowest BCUT2D eigenvalue weighted by atomic mass is 9.83. The Hall–Kier alpha value is -0.535. The van der Waals surface area contributed by atoms with Gasteiger partial charge in [0.15, 0.2) is 0 Å². The zero-order valence-electron chi connectivity index (χ0n) is 13.2. The molecule has 1 radical (unpaired) electrons. The fourth-order valence-corrected chi connectivity index (χ4v) is 2.43. The van der Waals surface area contributed by atoms with Gasteiger partial charge in [-0.3, -0.25) is 4.99 Å². The number of allylic oxidation sites excluding steroid dienone is 1. The van der Waals surface area contributed by atoms with Crippen LogP contribution >= 0.6 is 11.8 Å². The van der Waals surface area contributed by atoms with Crippen molar-refractivity contribution < 1.29 is 20.7 Å². The molecule has 21 heavy (non-hydrogen) atoms. The lowest BCUT2D eigenvalue weighted by Crippen LogP contribution is -2.48. The molecule has 1 fully saturated rings. The summed E-state index contributed by atoms with van der Waals surface area (Å²) in [5.41, 5.74) is 4.64. The molecule has 0 aromatic carbocycles. The summed E-state index contributed by atoms with van der Waals surface area (Å²) in [7, 11) is 1.56. The molecule has 0 aromatic heterocycles. The molecule has 0 aromatic rings. The van der Waals surface area contributed by atoms with E-state index < -0.39 is 11.2 Å². The van der Waals surface area contributed by atoms with E-state index in [1.807, 2.05) is 25.6 Å². The predicted molar refractivity (Wildman–Crippen MR) is 90.9 cm³/mol. The van der Waals surface area contributed by atoms with Gasteiger partial charge in [-0.05, 0) is 51.5 Å². The minimum atomic E-state index is -0.942. The first-order chi connectivity index (χ1) is 8.76. The van der Waals surface area contributed by atoms with E-state index in [1.165, 1.54) is 12.0 Å². The Morgan fingerprint density at radius 3 is 2.43 bits per heavy atom. The number of rotatable bonds is 6. The SMILES string of the molecule is CC(C)(O)C(C)(C)O[B]C(C=NC1CCSC1)=CN.O.O. The summed E-state index contributed by atoms with van der Waals surface area (Å²) < 4.78 is 5.64. The van der Waals surface area contributed by atoms with Crippen molar-refractivity contribution in [3.63, 3.8) is 0 Å². The molecule has 1 atom stereocenters. The average Bonchev–Trinajstić information content (AvgIpc) is 2.80. The molecule has 6 nitrogen and oxygen atoms in total. The van der Waals surface area contributed by atoms with Crippen LogP contribution in [0.3, 0.4) is 0 Å². The third-order valence-electron chi connectivity index (χ3n) is 3.50. The summed E-state index contributed by atoms with van der Waals surface area (Å²) >= 11 is 1.92. The highest BCUT2D eigenvalue weighted by molar-refractivity contribution is 7.99. The molecule has 8 heteroatoms. The zero-order valence-corrected chi connectivity index (χ0v) is 14.0. The Labute approximate surface area is 132 Å². The second kappa shape index (κ2) is 9.48. The molecule has 123 valence electrons. The van der Waals surface area contributed by atoms with Gasteiger partial charge in [0, 0.05) is 12.0 Å². The van der Waals surface area contributed by atoms with Gasteiger partial charge in [-0.2, -0.15) is 11.8 Å². The van der Waals surface area contributed by atoms with Crippen LogP contribution in [0, 0.1) is 0 Å². The average molecular weight is 319 g/mol. The molecule has 1 aliphatic heterocycles. The number of aliphatic hydroxyl groups is 1. The van der Waals surface area contributed by atoms with Crippen LogP contribution in [0.4, 0.5) is 0 Å². The van der Waals surface area contributed by atoms with Crippen molar-refractivity contribution in [2.45, 2.75) is 51.4 Å². The highest BCUT2D eigenvalue weighted by Crippen LogP contribution is 2.25. The van der Waals surface area contributed by atoms with Crippen molar-refractivity contribution in [3.8, 4) is 0 Å².